The van der Waals surface area contributed by atoms with Crippen molar-refractivity contribution < 1.29 is 29.0 Å². The molecule has 0 radical (unpaired) electrons. The number of aromatic nitrogens is 1. The topological polar surface area (TPSA) is 150 Å². The molecule has 0 unspecified atom stereocenters. The Morgan fingerprint density at radius 2 is 1.81 bits per heavy atom. The number of carbonyl (C=O) groups excluding carboxylic acids is 4. The van der Waals surface area contributed by atoms with Crippen LogP contribution in [-0.2, 0) is 19.1 Å². The summed E-state index contributed by atoms with van der Waals surface area (Å²) in [4.78, 5) is 59.0. The molecule has 2 heterocycles. The Labute approximate surface area is 252 Å². The number of rotatable bonds is 8. The van der Waals surface area contributed by atoms with Gasteiger partial charge in [0.1, 0.15) is 23.7 Å². The third kappa shape index (κ3) is 8.87. The number of carbonyl (C=O) groups is 4. The van der Waals surface area contributed by atoms with Gasteiger partial charge in [0, 0.05) is 19.5 Å². The van der Waals surface area contributed by atoms with Crippen LogP contribution in [0.15, 0.2) is 23.2 Å². The molecule has 11 nitrogen and oxygen atoms in total. The van der Waals surface area contributed by atoms with E-state index >= 15 is 0 Å². The molecular weight excluding hydrogens is 558 g/mol. The number of nitrogens with zero attached hydrogens (tertiary/aromatic N) is 2. The summed E-state index contributed by atoms with van der Waals surface area (Å²) in [5.74, 6) is -1.39. The van der Waals surface area contributed by atoms with E-state index in [1.165, 1.54) is 22.3 Å². The molecule has 1 fully saturated rings. The maximum absolute atomic E-state index is 13.8. The number of aliphatic hydroxyl groups is 1. The number of amides is 4. The molecule has 0 saturated carbocycles. The summed E-state index contributed by atoms with van der Waals surface area (Å²) in [6, 6.07) is -2.85. The van der Waals surface area contributed by atoms with Crippen molar-refractivity contribution >= 4 is 40.7 Å². The second-order valence-corrected chi connectivity index (χ2v) is 13.9. The smallest absolute Gasteiger partial charge is 0.408 e. The Balaban J connectivity index is 1.65. The molecule has 0 bridgehead atoms. The van der Waals surface area contributed by atoms with E-state index in [1.807, 2.05) is 18.5 Å². The Bertz CT molecular complexity index is 1240. The molecule has 0 spiro atoms. The Kier molecular flexibility index (Phi) is 10.6. The average Bonchev–Trinajstić information content (AvgIpc) is 3.49. The van der Waals surface area contributed by atoms with Crippen molar-refractivity contribution in [2.24, 2.45) is 5.41 Å². The fraction of sp³-hybridized carbons (Fsp3) is 0.633. The van der Waals surface area contributed by atoms with E-state index in [0.717, 1.165) is 24.1 Å². The second-order valence-electron chi connectivity index (χ2n) is 13.1. The SMILES string of the molecule is Cc1ncsc1C1=CC=C(CNC(=O)[C@@H]2C[C@@H](O)CN2C(=O)[C@@H](NC(=O)[C@H](C)NC(=O)OC(C)(C)C)C(C)(C)C)CC1. The van der Waals surface area contributed by atoms with Crippen molar-refractivity contribution in [3.8, 4) is 0 Å². The molecule has 232 valence electrons. The van der Waals surface area contributed by atoms with E-state index in [9.17, 15) is 24.3 Å². The van der Waals surface area contributed by atoms with Crippen LogP contribution in [0.1, 0.15) is 78.3 Å². The van der Waals surface area contributed by atoms with Crippen molar-refractivity contribution in [2.45, 2.75) is 104 Å². The summed E-state index contributed by atoms with van der Waals surface area (Å²) in [7, 11) is 0. The lowest BCUT2D eigenvalue weighted by molar-refractivity contribution is -0.144. The summed E-state index contributed by atoms with van der Waals surface area (Å²) in [5, 5.41) is 18.6. The van der Waals surface area contributed by atoms with Crippen LogP contribution >= 0.6 is 11.3 Å². The van der Waals surface area contributed by atoms with Crippen molar-refractivity contribution in [2.75, 3.05) is 13.1 Å². The van der Waals surface area contributed by atoms with Crippen LogP contribution in [-0.4, -0.2) is 81.7 Å². The number of ether oxygens (including phenoxy) is 1. The lowest BCUT2D eigenvalue weighted by atomic mass is 9.85. The van der Waals surface area contributed by atoms with Gasteiger partial charge in [-0.25, -0.2) is 9.78 Å². The first-order chi connectivity index (χ1) is 19.5. The number of likely N-dealkylation sites (tertiary alicyclic amines) is 1. The third-order valence-electron chi connectivity index (χ3n) is 7.15. The number of allylic oxidation sites excluding steroid dienone is 3. The number of β-amino-alcohol motifs (C(OH)–C–C–N with tert-alkyl or cyclic N) is 1. The summed E-state index contributed by atoms with van der Waals surface area (Å²) >= 11 is 1.62. The Morgan fingerprint density at radius 3 is 2.36 bits per heavy atom. The van der Waals surface area contributed by atoms with Gasteiger partial charge in [0.15, 0.2) is 0 Å². The maximum atomic E-state index is 13.8. The predicted molar refractivity (Wildman–Crippen MR) is 161 cm³/mol. The molecule has 1 aromatic heterocycles. The van der Waals surface area contributed by atoms with Gasteiger partial charge in [-0.05, 0) is 58.4 Å². The number of aliphatic hydroxyl groups excluding tert-OH is 1. The molecule has 0 aromatic carbocycles. The lowest BCUT2D eigenvalue weighted by Gasteiger charge is -2.36. The number of nitrogens with one attached hydrogen (secondary N) is 3. The largest absolute Gasteiger partial charge is 0.444 e. The van der Waals surface area contributed by atoms with Gasteiger partial charge in [-0.15, -0.1) is 11.3 Å². The molecule has 1 aliphatic carbocycles. The van der Waals surface area contributed by atoms with E-state index in [2.05, 4.69) is 27.0 Å². The van der Waals surface area contributed by atoms with Crippen molar-refractivity contribution in [1.29, 1.82) is 0 Å². The fourth-order valence-corrected chi connectivity index (χ4v) is 5.74. The summed E-state index contributed by atoms with van der Waals surface area (Å²) in [6.45, 7) is 14.4. The van der Waals surface area contributed by atoms with Crippen molar-refractivity contribution in [3.63, 3.8) is 0 Å². The highest BCUT2D eigenvalue weighted by Crippen LogP contribution is 2.31. The zero-order valence-corrected chi connectivity index (χ0v) is 26.7. The van der Waals surface area contributed by atoms with Crippen LogP contribution in [0.2, 0.25) is 0 Å². The first-order valence-corrected chi connectivity index (χ1v) is 15.2. The van der Waals surface area contributed by atoms with Crippen LogP contribution in [0.3, 0.4) is 0 Å². The highest BCUT2D eigenvalue weighted by Gasteiger charge is 2.44. The molecule has 4 atom stereocenters. The van der Waals surface area contributed by atoms with Gasteiger partial charge in [-0.3, -0.25) is 14.4 Å². The molecule has 2 aliphatic rings. The number of aryl methyl sites for hydroxylation is 1. The van der Waals surface area contributed by atoms with Crippen LogP contribution in [0.25, 0.3) is 5.57 Å². The van der Waals surface area contributed by atoms with Gasteiger partial charge in [-0.1, -0.05) is 38.5 Å². The third-order valence-corrected chi connectivity index (χ3v) is 8.16. The minimum Gasteiger partial charge on any atom is -0.444 e. The van der Waals surface area contributed by atoms with E-state index in [1.54, 1.807) is 52.9 Å². The summed E-state index contributed by atoms with van der Waals surface area (Å²) in [6.07, 6.45) is 4.22. The highest BCUT2D eigenvalue weighted by atomic mass is 32.1. The van der Waals surface area contributed by atoms with Crippen LogP contribution in [0, 0.1) is 12.3 Å². The van der Waals surface area contributed by atoms with Gasteiger partial charge in [0.2, 0.25) is 17.7 Å². The average molecular weight is 604 g/mol. The first kappa shape index (κ1) is 33.3. The Hall–Kier alpha value is -3.25. The maximum Gasteiger partial charge on any atom is 0.408 e. The van der Waals surface area contributed by atoms with E-state index in [-0.39, 0.29) is 18.9 Å². The summed E-state index contributed by atoms with van der Waals surface area (Å²) in [5.41, 5.74) is 3.69. The molecular formula is C30H45N5O6S. The number of alkyl carbamates (subject to hydrolysis) is 1. The van der Waals surface area contributed by atoms with Gasteiger partial charge in [-0.2, -0.15) is 0 Å². The van der Waals surface area contributed by atoms with Crippen molar-refractivity contribution in [3.05, 3.63) is 33.8 Å². The minimum absolute atomic E-state index is 0.0198. The molecule has 1 aliphatic heterocycles. The van der Waals surface area contributed by atoms with Gasteiger partial charge < -0.3 is 30.7 Å². The first-order valence-electron chi connectivity index (χ1n) is 14.3. The zero-order valence-electron chi connectivity index (χ0n) is 25.9. The Morgan fingerprint density at radius 1 is 1.12 bits per heavy atom. The molecule has 4 N–H and O–H groups in total. The minimum atomic E-state index is -1.01. The fourth-order valence-electron chi connectivity index (χ4n) is 4.88. The number of hydrogen-bond donors (Lipinski definition) is 4. The van der Waals surface area contributed by atoms with Gasteiger partial charge in [0.05, 0.1) is 22.2 Å². The van der Waals surface area contributed by atoms with E-state index in [0.29, 0.717) is 6.54 Å². The summed E-state index contributed by atoms with van der Waals surface area (Å²) < 4.78 is 5.22. The molecule has 1 saturated heterocycles. The van der Waals surface area contributed by atoms with Gasteiger partial charge in [0.25, 0.3) is 0 Å². The quantitative estimate of drug-likeness (QED) is 0.357. The second kappa shape index (κ2) is 13.4. The number of thiazole rings is 1. The van der Waals surface area contributed by atoms with Crippen LogP contribution in [0.5, 0.6) is 0 Å². The monoisotopic (exact) mass is 603 g/mol. The predicted octanol–water partition coefficient (Wildman–Crippen LogP) is 3.08. The van der Waals surface area contributed by atoms with Gasteiger partial charge >= 0.3 is 6.09 Å². The van der Waals surface area contributed by atoms with E-state index in [4.69, 9.17) is 4.74 Å². The molecule has 4 amide bonds. The normalized spacial score (nSPS) is 20.6. The lowest BCUT2D eigenvalue weighted by Crippen LogP contribution is -2.60. The van der Waals surface area contributed by atoms with Crippen LogP contribution < -0.4 is 16.0 Å². The molecule has 3 rings (SSSR count). The number of hydrogen-bond acceptors (Lipinski definition) is 8. The van der Waals surface area contributed by atoms with Crippen LogP contribution in [0.4, 0.5) is 4.79 Å². The molecule has 12 heteroatoms. The molecule has 42 heavy (non-hydrogen) atoms. The van der Waals surface area contributed by atoms with E-state index < -0.39 is 53.2 Å². The highest BCUT2D eigenvalue weighted by molar-refractivity contribution is 7.10. The van der Waals surface area contributed by atoms with Crippen molar-refractivity contribution in [1.82, 2.24) is 25.8 Å². The zero-order chi connectivity index (χ0) is 31.4. The standard InChI is InChI=1S/C30H45N5O6S/c1-17-23(42-16-32-17)20-11-9-19(10-12-20)14-31-26(38)22-13-21(36)15-35(22)27(39)24(29(3,4)5)34-25(37)18(2)33-28(40)41-30(6,7)8/h9,11,16,18,21-22,24,36H,10,12-15H2,1-8H3,(H,31,38)(H,33,40)(H,34,37)/t18-,21+,22-,24+/m0/s1. The molecule has 1 aromatic rings.